The van der Waals surface area contributed by atoms with Gasteiger partial charge in [0.1, 0.15) is 17.2 Å². The second-order valence-corrected chi connectivity index (χ2v) is 6.85. The van der Waals surface area contributed by atoms with Crippen LogP contribution in [0.1, 0.15) is 28.4 Å². The summed E-state index contributed by atoms with van der Waals surface area (Å²) < 4.78 is 45.4. The van der Waals surface area contributed by atoms with Gasteiger partial charge in [0.2, 0.25) is 5.95 Å². The fraction of sp³-hybridized carbons (Fsp3) is 0.316. The Labute approximate surface area is 169 Å². The number of aromatic nitrogens is 3. The second kappa shape index (κ2) is 7.08. The van der Waals surface area contributed by atoms with Crippen molar-refractivity contribution < 1.29 is 22.7 Å². The zero-order valence-electron chi connectivity index (χ0n) is 16.4. The van der Waals surface area contributed by atoms with Crippen molar-refractivity contribution in [2.75, 3.05) is 31.3 Å². The summed E-state index contributed by atoms with van der Waals surface area (Å²) >= 11 is 0. The number of nitrogens with zero attached hydrogens (tertiary/aromatic N) is 3. The van der Waals surface area contributed by atoms with Gasteiger partial charge in [-0.15, -0.1) is 0 Å². The number of anilines is 3. The smallest absolute Gasteiger partial charge is 0.418 e. The number of halogens is 3. The first-order chi connectivity index (χ1) is 14.2. The Hall–Kier alpha value is -3.50. The van der Waals surface area contributed by atoms with E-state index in [0.29, 0.717) is 30.1 Å². The number of fused-ring (bicyclic) bond motifs is 2. The number of hydrogen-bond acceptors (Lipinski definition) is 6. The normalized spacial score (nSPS) is 13.7. The summed E-state index contributed by atoms with van der Waals surface area (Å²) in [7, 11) is 3.19. The van der Waals surface area contributed by atoms with E-state index in [1.54, 1.807) is 31.0 Å². The number of nitrogens with one attached hydrogen (secondary N) is 3. The van der Waals surface area contributed by atoms with Crippen LogP contribution in [0.15, 0.2) is 18.3 Å². The molecule has 0 radical (unpaired) electrons. The minimum absolute atomic E-state index is 0.0340. The van der Waals surface area contributed by atoms with Gasteiger partial charge in [-0.1, -0.05) is 0 Å². The van der Waals surface area contributed by atoms with Crippen LogP contribution in [0.5, 0.6) is 5.75 Å². The van der Waals surface area contributed by atoms with Crippen molar-refractivity contribution in [3.8, 4) is 5.75 Å². The number of carbonyl (C=O) groups excluding carboxylic acids is 1. The lowest BCUT2D eigenvalue weighted by atomic mass is 10.1. The molecule has 3 heterocycles. The van der Waals surface area contributed by atoms with Gasteiger partial charge < -0.3 is 25.3 Å². The molecule has 0 unspecified atom stereocenters. The molecule has 3 N–H and O–H groups in total. The van der Waals surface area contributed by atoms with Crippen molar-refractivity contribution in [3.63, 3.8) is 0 Å². The summed E-state index contributed by atoms with van der Waals surface area (Å²) in [6.07, 6.45) is -3.68. The molecule has 0 atom stereocenters. The lowest BCUT2D eigenvalue weighted by molar-refractivity contribution is -0.136. The predicted octanol–water partition coefficient (Wildman–Crippen LogP) is 3.75. The topological polar surface area (TPSA) is 95.2 Å². The van der Waals surface area contributed by atoms with Gasteiger partial charge in [0.25, 0.3) is 5.91 Å². The first-order valence-electron chi connectivity index (χ1n) is 9.16. The van der Waals surface area contributed by atoms with Gasteiger partial charge in [0.15, 0.2) is 0 Å². The van der Waals surface area contributed by atoms with E-state index in [0.717, 1.165) is 11.8 Å². The average molecular weight is 420 g/mol. The molecular formula is C19H19F3N6O2. The number of rotatable bonds is 5. The van der Waals surface area contributed by atoms with Crippen LogP contribution in [0, 0.1) is 0 Å². The van der Waals surface area contributed by atoms with Gasteiger partial charge in [-0.2, -0.15) is 23.1 Å². The molecule has 4 rings (SSSR count). The molecule has 0 saturated heterocycles. The van der Waals surface area contributed by atoms with E-state index in [4.69, 9.17) is 4.74 Å². The van der Waals surface area contributed by atoms with Crippen molar-refractivity contribution in [1.29, 1.82) is 0 Å². The number of alkyl halides is 3. The van der Waals surface area contributed by atoms with Gasteiger partial charge in [-0.05, 0) is 24.6 Å². The summed E-state index contributed by atoms with van der Waals surface area (Å²) in [5.74, 6) is 0.452. The molecule has 0 spiro atoms. The molecule has 0 bridgehead atoms. The van der Waals surface area contributed by atoms with Crippen molar-refractivity contribution in [1.82, 2.24) is 19.9 Å². The first kappa shape index (κ1) is 19.8. The van der Waals surface area contributed by atoms with Crippen molar-refractivity contribution >= 4 is 34.4 Å². The monoisotopic (exact) mass is 420 g/mol. The molecule has 158 valence electrons. The van der Waals surface area contributed by atoms with Crippen LogP contribution < -0.4 is 15.4 Å². The van der Waals surface area contributed by atoms with E-state index < -0.39 is 11.7 Å². The van der Waals surface area contributed by atoms with Crippen LogP contribution in [-0.4, -0.2) is 46.5 Å². The molecule has 0 saturated carbocycles. The van der Waals surface area contributed by atoms with Gasteiger partial charge >= 0.3 is 6.18 Å². The summed E-state index contributed by atoms with van der Waals surface area (Å²) in [4.78, 5) is 24.9. The molecule has 1 aliphatic heterocycles. The minimum atomic E-state index is -4.55. The molecule has 30 heavy (non-hydrogen) atoms. The Morgan fingerprint density at radius 1 is 1.30 bits per heavy atom. The SMILES string of the molecule is CCNc1nc(Nc2cc3c(cc2OC)CN(C)C3=O)nc2[nH]cc(C(F)(F)F)c12. The van der Waals surface area contributed by atoms with Crippen LogP contribution in [0.4, 0.5) is 30.6 Å². The Morgan fingerprint density at radius 2 is 2.07 bits per heavy atom. The molecule has 11 heteroatoms. The first-order valence-corrected chi connectivity index (χ1v) is 9.16. The maximum Gasteiger partial charge on any atom is 0.418 e. The molecule has 8 nitrogen and oxygen atoms in total. The molecule has 2 aromatic heterocycles. The minimum Gasteiger partial charge on any atom is -0.495 e. The zero-order valence-corrected chi connectivity index (χ0v) is 16.4. The van der Waals surface area contributed by atoms with Gasteiger partial charge in [-0.3, -0.25) is 4.79 Å². The fourth-order valence-corrected chi connectivity index (χ4v) is 3.48. The van der Waals surface area contributed by atoms with Crippen LogP contribution in [0.3, 0.4) is 0 Å². The van der Waals surface area contributed by atoms with Crippen LogP contribution in [0.2, 0.25) is 0 Å². The number of benzene rings is 1. The number of methoxy groups -OCH3 is 1. The number of carbonyl (C=O) groups is 1. The third kappa shape index (κ3) is 3.25. The number of amides is 1. The lowest BCUT2D eigenvalue weighted by Gasteiger charge is -2.14. The van der Waals surface area contributed by atoms with Crippen LogP contribution in [-0.2, 0) is 12.7 Å². The zero-order chi connectivity index (χ0) is 21.6. The summed E-state index contributed by atoms with van der Waals surface area (Å²) in [6.45, 7) is 2.60. The van der Waals surface area contributed by atoms with Crippen molar-refractivity contribution in [2.24, 2.45) is 0 Å². The number of aromatic amines is 1. The second-order valence-electron chi connectivity index (χ2n) is 6.85. The van der Waals surface area contributed by atoms with E-state index >= 15 is 0 Å². The number of hydrogen-bond donors (Lipinski definition) is 3. The predicted molar refractivity (Wildman–Crippen MR) is 105 cm³/mol. The van der Waals surface area contributed by atoms with Gasteiger partial charge in [0.05, 0.1) is 23.7 Å². The van der Waals surface area contributed by atoms with E-state index in [2.05, 4.69) is 25.6 Å². The van der Waals surface area contributed by atoms with Gasteiger partial charge in [-0.25, -0.2) is 0 Å². The summed E-state index contributed by atoms with van der Waals surface area (Å²) in [6, 6.07) is 3.38. The quantitative estimate of drug-likeness (QED) is 0.582. The molecule has 0 aliphatic carbocycles. The molecule has 1 aromatic carbocycles. The molecule has 1 aliphatic rings. The van der Waals surface area contributed by atoms with Gasteiger partial charge in [0, 0.05) is 31.9 Å². The summed E-state index contributed by atoms with van der Waals surface area (Å²) in [5, 5.41) is 5.69. The van der Waals surface area contributed by atoms with Crippen molar-refractivity contribution in [2.45, 2.75) is 19.6 Å². The Bertz CT molecular complexity index is 1140. The number of H-pyrrole nitrogens is 1. The fourth-order valence-electron chi connectivity index (χ4n) is 3.48. The van der Waals surface area contributed by atoms with E-state index in [1.165, 1.54) is 7.11 Å². The Balaban J connectivity index is 1.79. The highest BCUT2D eigenvalue weighted by atomic mass is 19.4. The van der Waals surface area contributed by atoms with Crippen LogP contribution >= 0.6 is 0 Å². The maximum absolute atomic E-state index is 13.3. The van der Waals surface area contributed by atoms with E-state index in [1.807, 2.05) is 0 Å². The highest BCUT2D eigenvalue weighted by Crippen LogP contribution is 2.39. The summed E-state index contributed by atoms with van der Waals surface area (Å²) in [5.41, 5.74) is 0.974. The molecule has 1 amide bonds. The standard InChI is InChI=1S/C19H19F3N6O2/c1-4-23-15-14-11(19(20,21)22)7-24-16(14)27-18(26-15)25-12-6-10-9(5-13(12)30-3)8-28(2)17(10)29/h5-7H,4,8H2,1-3H3,(H3,23,24,25,26,27). The molecular weight excluding hydrogens is 401 g/mol. The third-order valence-corrected chi connectivity index (χ3v) is 4.84. The number of ether oxygens (including phenoxy) is 1. The molecule has 3 aromatic rings. The third-order valence-electron chi connectivity index (χ3n) is 4.84. The average Bonchev–Trinajstić information content (AvgIpc) is 3.23. The Kier molecular flexibility index (Phi) is 4.67. The van der Waals surface area contributed by atoms with E-state index in [-0.39, 0.29) is 28.7 Å². The van der Waals surface area contributed by atoms with E-state index in [9.17, 15) is 18.0 Å². The largest absolute Gasteiger partial charge is 0.495 e. The maximum atomic E-state index is 13.3. The highest BCUT2D eigenvalue weighted by molar-refractivity contribution is 6.00. The van der Waals surface area contributed by atoms with Crippen molar-refractivity contribution in [3.05, 3.63) is 35.0 Å². The lowest BCUT2D eigenvalue weighted by Crippen LogP contribution is -2.17. The highest BCUT2D eigenvalue weighted by Gasteiger charge is 2.35. The van der Waals surface area contributed by atoms with Crippen LogP contribution in [0.25, 0.3) is 11.0 Å². The molecule has 0 fully saturated rings. The Morgan fingerprint density at radius 3 is 2.73 bits per heavy atom.